The van der Waals surface area contributed by atoms with E-state index in [2.05, 4.69) is 10.3 Å². The number of carbonyl (C=O) groups is 1. The number of hydrogen-bond donors (Lipinski definition) is 4. The van der Waals surface area contributed by atoms with Gasteiger partial charge in [0.05, 0.1) is 24.0 Å². The van der Waals surface area contributed by atoms with Gasteiger partial charge in [-0.2, -0.15) is 0 Å². The third-order valence-electron chi connectivity index (χ3n) is 5.51. The van der Waals surface area contributed by atoms with Gasteiger partial charge in [0.2, 0.25) is 0 Å². The molecule has 2 aromatic heterocycles. The van der Waals surface area contributed by atoms with Crippen LogP contribution in [-0.4, -0.2) is 46.8 Å². The second-order valence-corrected chi connectivity index (χ2v) is 7.24. The molecule has 7 nitrogen and oxygen atoms in total. The highest BCUT2D eigenvalue weighted by atomic mass is 16.3. The second kappa shape index (κ2) is 8.06. The lowest BCUT2D eigenvalue weighted by Gasteiger charge is -2.29. The first-order valence-corrected chi connectivity index (χ1v) is 9.66. The molecule has 4 rings (SSSR count). The van der Waals surface area contributed by atoms with E-state index in [1.165, 1.54) is 6.21 Å². The zero-order chi connectivity index (χ0) is 20.4. The molecular weight excluding hydrogens is 366 g/mol. The number of nitrogens with zero attached hydrogens (tertiary/aromatic N) is 2. The molecule has 7 heteroatoms. The summed E-state index contributed by atoms with van der Waals surface area (Å²) in [7, 11) is 0. The van der Waals surface area contributed by atoms with Crippen LogP contribution in [-0.2, 0) is 12.8 Å². The van der Waals surface area contributed by atoms with Crippen molar-refractivity contribution in [2.24, 2.45) is 0 Å². The maximum atomic E-state index is 11.0. The highest BCUT2D eigenvalue weighted by Crippen LogP contribution is 2.37. The Labute approximate surface area is 168 Å². The number of anilines is 1. The first-order valence-electron chi connectivity index (χ1n) is 9.66. The fourth-order valence-corrected chi connectivity index (χ4v) is 4.12. The Morgan fingerprint density at radius 3 is 2.76 bits per heavy atom. The van der Waals surface area contributed by atoms with E-state index in [-0.39, 0.29) is 12.6 Å². The van der Waals surface area contributed by atoms with Crippen molar-refractivity contribution in [1.82, 2.24) is 15.3 Å². The molecule has 0 amide bonds. The van der Waals surface area contributed by atoms with E-state index in [0.717, 1.165) is 53.3 Å². The van der Waals surface area contributed by atoms with Crippen LogP contribution in [0.4, 0.5) is 5.82 Å². The molecule has 1 unspecified atom stereocenters. The molecule has 0 spiro atoms. The largest absolute Gasteiger partial charge is 0.395 e. The first kappa shape index (κ1) is 19.2. The van der Waals surface area contributed by atoms with Crippen LogP contribution in [0.5, 0.6) is 0 Å². The number of nitrogens with two attached hydrogens (primary N) is 1. The van der Waals surface area contributed by atoms with Gasteiger partial charge in [0.25, 0.3) is 0 Å². The monoisotopic (exact) mass is 389 g/mol. The van der Waals surface area contributed by atoms with Crippen molar-refractivity contribution in [1.29, 1.82) is 5.41 Å². The number of fused-ring (bicyclic) bond motifs is 3. The number of hydrogen-bond acceptors (Lipinski definition) is 7. The number of nitrogen functional groups attached to an aromatic ring is 1. The van der Waals surface area contributed by atoms with Gasteiger partial charge in [0.1, 0.15) is 12.1 Å². The van der Waals surface area contributed by atoms with Gasteiger partial charge in [-0.15, -0.1) is 0 Å². The molecule has 5 N–H and O–H groups in total. The van der Waals surface area contributed by atoms with Crippen molar-refractivity contribution in [3.63, 3.8) is 0 Å². The first-order chi connectivity index (χ1) is 14.2. The molecule has 0 aliphatic heterocycles. The number of aliphatic hydroxyl groups is 1. The SMILES string of the molecule is N=Cc1c(N)ncc2nc(-c3ccc(C=O)cc3)c3c(c12)CCC(NCCO)C3. The maximum Gasteiger partial charge on any atom is 0.150 e. The van der Waals surface area contributed by atoms with Crippen molar-refractivity contribution in [2.45, 2.75) is 25.3 Å². The Balaban J connectivity index is 1.93. The van der Waals surface area contributed by atoms with Crippen molar-refractivity contribution in [3.05, 3.63) is 52.7 Å². The smallest absolute Gasteiger partial charge is 0.150 e. The molecule has 2 heterocycles. The molecule has 0 radical (unpaired) electrons. The molecule has 148 valence electrons. The molecule has 1 atom stereocenters. The molecule has 3 aromatic rings. The Bertz CT molecular complexity index is 1080. The number of carbonyl (C=O) groups excluding carboxylic acids is 1. The Morgan fingerprint density at radius 1 is 1.28 bits per heavy atom. The van der Waals surface area contributed by atoms with Crippen molar-refractivity contribution >= 4 is 29.2 Å². The summed E-state index contributed by atoms with van der Waals surface area (Å²) in [5, 5.41) is 21.3. The van der Waals surface area contributed by atoms with Crippen LogP contribution in [0.15, 0.2) is 30.5 Å². The quantitative estimate of drug-likeness (QED) is 0.378. The Hall–Kier alpha value is -3.16. The fraction of sp³-hybridized carbons (Fsp3) is 0.273. The van der Waals surface area contributed by atoms with Gasteiger partial charge >= 0.3 is 0 Å². The normalized spacial score (nSPS) is 15.8. The summed E-state index contributed by atoms with van der Waals surface area (Å²) in [6, 6.07) is 7.63. The Kier molecular flexibility index (Phi) is 5.33. The molecule has 1 aliphatic rings. The summed E-state index contributed by atoms with van der Waals surface area (Å²) >= 11 is 0. The van der Waals surface area contributed by atoms with Gasteiger partial charge in [-0.3, -0.25) is 4.79 Å². The van der Waals surface area contributed by atoms with Crippen LogP contribution in [0.1, 0.15) is 33.5 Å². The van der Waals surface area contributed by atoms with Crippen LogP contribution in [0.2, 0.25) is 0 Å². The molecule has 0 saturated heterocycles. The Morgan fingerprint density at radius 2 is 2.07 bits per heavy atom. The van der Waals surface area contributed by atoms with Crippen LogP contribution in [0.25, 0.3) is 22.2 Å². The molecule has 0 saturated carbocycles. The minimum absolute atomic E-state index is 0.0967. The summed E-state index contributed by atoms with van der Waals surface area (Å²) in [6.07, 6.45) is 6.25. The predicted octanol–water partition coefficient (Wildman–Crippen LogP) is 2.13. The molecule has 0 fully saturated rings. The number of benzene rings is 1. The average molecular weight is 389 g/mol. The number of pyridine rings is 2. The van der Waals surface area contributed by atoms with Gasteiger partial charge < -0.3 is 21.6 Å². The third kappa shape index (κ3) is 3.50. The van der Waals surface area contributed by atoms with Gasteiger partial charge in [-0.05, 0) is 30.4 Å². The van der Waals surface area contributed by atoms with Crippen molar-refractivity contribution in [3.8, 4) is 11.3 Å². The summed E-state index contributed by atoms with van der Waals surface area (Å²) in [5.41, 5.74) is 12.0. The van der Waals surface area contributed by atoms with Crippen LogP contribution in [0, 0.1) is 5.41 Å². The van der Waals surface area contributed by atoms with E-state index in [0.29, 0.717) is 29.0 Å². The average Bonchev–Trinajstić information content (AvgIpc) is 2.77. The number of aliphatic hydroxyl groups excluding tert-OH is 1. The number of nitrogens with one attached hydrogen (secondary N) is 2. The number of rotatable bonds is 6. The van der Waals surface area contributed by atoms with Gasteiger partial charge in [0, 0.05) is 40.9 Å². The standard InChI is InChI=1S/C22H23N5O2/c23-10-18-20-16-6-5-15(25-7-8-28)9-17(16)21(27-19(20)11-26-22(18)24)14-3-1-13(12-29)2-4-14/h1-4,10-12,15,23,25,28H,5-9H2,(H2,24,26). The highest BCUT2D eigenvalue weighted by molar-refractivity contribution is 6.04. The van der Waals surface area contributed by atoms with E-state index >= 15 is 0 Å². The zero-order valence-electron chi connectivity index (χ0n) is 16.0. The summed E-state index contributed by atoms with van der Waals surface area (Å²) < 4.78 is 0. The lowest BCUT2D eigenvalue weighted by Crippen LogP contribution is -2.36. The molecule has 29 heavy (non-hydrogen) atoms. The summed E-state index contributed by atoms with van der Waals surface area (Å²) in [4.78, 5) is 20.1. The van der Waals surface area contributed by atoms with E-state index in [4.69, 9.17) is 21.2 Å². The van der Waals surface area contributed by atoms with Crippen LogP contribution >= 0.6 is 0 Å². The maximum absolute atomic E-state index is 11.0. The molecule has 1 aliphatic carbocycles. The van der Waals surface area contributed by atoms with Gasteiger partial charge in [-0.25, -0.2) is 9.97 Å². The van der Waals surface area contributed by atoms with E-state index in [1.54, 1.807) is 18.3 Å². The lowest BCUT2D eigenvalue weighted by atomic mass is 9.83. The van der Waals surface area contributed by atoms with Gasteiger partial charge in [0.15, 0.2) is 0 Å². The van der Waals surface area contributed by atoms with Crippen LogP contribution in [0.3, 0.4) is 0 Å². The van der Waals surface area contributed by atoms with Crippen molar-refractivity contribution in [2.75, 3.05) is 18.9 Å². The molecule has 1 aromatic carbocycles. The third-order valence-corrected chi connectivity index (χ3v) is 5.51. The van der Waals surface area contributed by atoms with E-state index in [9.17, 15) is 4.79 Å². The summed E-state index contributed by atoms with van der Waals surface area (Å²) in [5.74, 6) is 0.333. The van der Waals surface area contributed by atoms with E-state index in [1.807, 2.05) is 12.1 Å². The topological polar surface area (TPSA) is 125 Å². The second-order valence-electron chi connectivity index (χ2n) is 7.24. The highest BCUT2D eigenvalue weighted by Gasteiger charge is 2.26. The molecule has 0 bridgehead atoms. The fourth-order valence-electron chi connectivity index (χ4n) is 4.12. The lowest BCUT2D eigenvalue weighted by molar-refractivity contribution is 0.112. The van der Waals surface area contributed by atoms with Crippen molar-refractivity contribution < 1.29 is 9.90 Å². The van der Waals surface area contributed by atoms with Gasteiger partial charge in [-0.1, -0.05) is 24.3 Å². The number of aryl methyl sites for hydroxylation is 1. The number of aldehydes is 1. The molecular formula is C22H23N5O2. The zero-order valence-corrected chi connectivity index (χ0v) is 16.0. The predicted molar refractivity (Wildman–Crippen MR) is 114 cm³/mol. The minimum Gasteiger partial charge on any atom is -0.395 e. The van der Waals surface area contributed by atoms with Crippen LogP contribution < -0.4 is 11.1 Å². The number of aromatic nitrogens is 2. The summed E-state index contributed by atoms with van der Waals surface area (Å²) in [6.45, 7) is 0.645. The minimum atomic E-state index is 0.0967. The van der Waals surface area contributed by atoms with E-state index < -0.39 is 0 Å².